The van der Waals surface area contributed by atoms with Gasteiger partial charge >= 0.3 is 0 Å². The second-order valence-corrected chi connectivity index (χ2v) is 8.84. The van der Waals surface area contributed by atoms with Crippen LogP contribution in [0, 0.1) is 0 Å². The SMILES string of the molecule is O=C(NC1CCN(C(=O)c2ccccc2)CC1)[C@@H](Sc1ccccc1)c1ccccc1. The Morgan fingerprint density at radius 2 is 1.35 bits per heavy atom. The third-order valence-corrected chi connectivity index (χ3v) is 6.75. The first kappa shape index (κ1) is 21.2. The van der Waals surface area contributed by atoms with Crippen LogP contribution in [0.3, 0.4) is 0 Å². The van der Waals surface area contributed by atoms with Crippen molar-refractivity contribution < 1.29 is 9.59 Å². The number of benzene rings is 3. The molecule has 0 saturated carbocycles. The largest absolute Gasteiger partial charge is 0.352 e. The van der Waals surface area contributed by atoms with E-state index in [1.54, 1.807) is 11.8 Å². The number of rotatable bonds is 6. The smallest absolute Gasteiger partial charge is 0.253 e. The van der Waals surface area contributed by atoms with Crippen LogP contribution in [-0.2, 0) is 4.79 Å². The first-order chi connectivity index (χ1) is 15.2. The minimum atomic E-state index is -0.312. The molecule has 1 heterocycles. The number of hydrogen-bond donors (Lipinski definition) is 1. The van der Waals surface area contributed by atoms with Crippen molar-refractivity contribution in [3.05, 3.63) is 102 Å². The van der Waals surface area contributed by atoms with E-state index in [2.05, 4.69) is 5.32 Å². The molecule has 4 nitrogen and oxygen atoms in total. The highest BCUT2D eigenvalue weighted by atomic mass is 32.2. The summed E-state index contributed by atoms with van der Waals surface area (Å²) in [6.45, 7) is 1.31. The molecule has 0 aromatic heterocycles. The molecule has 0 radical (unpaired) electrons. The lowest BCUT2D eigenvalue weighted by Gasteiger charge is -2.33. The van der Waals surface area contributed by atoms with E-state index in [0.29, 0.717) is 18.7 Å². The summed E-state index contributed by atoms with van der Waals surface area (Å²) in [6, 6.07) is 29.4. The van der Waals surface area contributed by atoms with Crippen LogP contribution in [0.2, 0.25) is 0 Å². The summed E-state index contributed by atoms with van der Waals surface area (Å²) in [4.78, 5) is 28.8. The van der Waals surface area contributed by atoms with Gasteiger partial charge in [-0.3, -0.25) is 9.59 Å². The highest BCUT2D eigenvalue weighted by Gasteiger charge is 2.28. The van der Waals surface area contributed by atoms with Crippen LogP contribution in [0.25, 0.3) is 0 Å². The molecular weight excluding hydrogens is 404 g/mol. The molecule has 158 valence electrons. The molecule has 5 heteroatoms. The minimum absolute atomic E-state index is 0.0212. The van der Waals surface area contributed by atoms with Crippen LogP contribution in [0.15, 0.2) is 95.9 Å². The molecule has 1 fully saturated rings. The summed E-state index contributed by atoms with van der Waals surface area (Å²) in [5.41, 5.74) is 1.71. The molecule has 1 N–H and O–H groups in total. The zero-order valence-corrected chi connectivity index (χ0v) is 18.1. The molecule has 1 aliphatic heterocycles. The Kier molecular flexibility index (Phi) is 7.05. The summed E-state index contributed by atoms with van der Waals surface area (Å²) in [5, 5.41) is 2.93. The summed E-state index contributed by atoms with van der Waals surface area (Å²) in [6.07, 6.45) is 1.53. The number of piperidine rings is 1. The highest BCUT2D eigenvalue weighted by Crippen LogP contribution is 2.35. The Bertz CT molecular complexity index is 988. The molecule has 0 unspecified atom stereocenters. The first-order valence-corrected chi connectivity index (χ1v) is 11.5. The first-order valence-electron chi connectivity index (χ1n) is 10.6. The van der Waals surface area contributed by atoms with E-state index in [1.165, 1.54) is 0 Å². The van der Waals surface area contributed by atoms with Crippen molar-refractivity contribution in [2.24, 2.45) is 0 Å². The molecule has 3 aromatic carbocycles. The van der Waals surface area contributed by atoms with Crippen LogP contribution < -0.4 is 5.32 Å². The van der Waals surface area contributed by atoms with Gasteiger partial charge in [-0.25, -0.2) is 0 Å². The van der Waals surface area contributed by atoms with Gasteiger partial charge in [0.1, 0.15) is 5.25 Å². The Morgan fingerprint density at radius 1 is 0.806 bits per heavy atom. The lowest BCUT2D eigenvalue weighted by atomic mass is 10.0. The molecule has 1 saturated heterocycles. The predicted octanol–water partition coefficient (Wildman–Crippen LogP) is 4.94. The van der Waals surface area contributed by atoms with Gasteiger partial charge in [0, 0.05) is 29.6 Å². The second kappa shape index (κ2) is 10.3. The second-order valence-electron chi connectivity index (χ2n) is 7.66. The van der Waals surface area contributed by atoms with Crippen LogP contribution in [0.1, 0.15) is 34.0 Å². The van der Waals surface area contributed by atoms with Gasteiger partial charge in [0.2, 0.25) is 5.91 Å². The Labute approximate surface area is 187 Å². The van der Waals surface area contributed by atoms with E-state index >= 15 is 0 Å². The van der Waals surface area contributed by atoms with Gasteiger partial charge in [0.05, 0.1) is 0 Å². The average molecular weight is 431 g/mol. The summed E-state index contributed by atoms with van der Waals surface area (Å²) in [5.74, 6) is 0.0834. The molecule has 0 aliphatic carbocycles. The van der Waals surface area contributed by atoms with Crippen molar-refractivity contribution in [2.45, 2.75) is 29.0 Å². The lowest BCUT2D eigenvalue weighted by Crippen LogP contribution is -2.47. The van der Waals surface area contributed by atoms with E-state index in [0.717, 1.165) is 23.3 Å². The lowest BCUT2D eigenvalue weighted by molar-refractivity contribution is -0.121. The number of likely N-dealkylation sites (tertiary alicyclic amines) is 1. The molecule has 4 rings (SSSR count). The third kappa shape index (κ3) is 5.56. The number of carbonyl (C=O) groups excluding carboxylic acids is 2. The quantitative estimate of drug-likeness (QED) is 0.564. The molecule has 0 bridgehead atoms. The average Bonchev–Trinajstić information content (AvgIpc) is 2.84. The van der Waals surface area contributed by atoms with Gasteiger partial charge in [0.15, 0.2) is 0 Å². The molecule has 31 heavy (non-hydrogen) atoms. The molecule has 1 atom stereocenters. The molecule has 1 aliphatic rings. The molecule has 3 aromatic rings. The Hall–Kier alpha value is -3.05. The van der Waals surface area contributed by atoms with Crippen molar-refractivity contribution in [1.29, 1.82) is 0 Å². The highest BCUT2D eigenvalue weighted by molar-refractivity contribution is 8.00. The number of nitrogens with zero attached hydrogens (tertiary/aromatic N) is 1. The minimum Gasteiger partial charge on any atom is -0.352 e. The monoisotopic (exact) mass is 430 g/mol. The Morgan fingerprint density at radius 3 is 1.97 bits per heavy atom. The standard InChI is InChI=1S/C26H26N2O2S/c29-25(24(20-10-4-1-5-11-20)31-23-14-8-3-9-15-23)27-22-16-18-28(19-17-22)26(30)21-12-6-2-7-13-21/h1-15,22,24H,16-19H2,(H,27,29)/t24-/m0/s1. The maximum absolute atomic E-state index is 13.2. The van der Waals surface area contributed by atoms with Gasteiger partial charge in [-0.2, -0.15) is 0 Å². The summed E-state index contributed by atoms with van der Waals surface area (Å²) < 4.78 is 0. The van der Waals surface area contributed by atoms with Crippen molar-refractivity contribution in [2.75, 3.05) is 13.1 Å². The maximum Gasteiger partial charge on any atom is 0.253 e. The fourth-order valence-electron chi connectivity index (χ4n) is 3.80. The fourth-order valence-corrected chi connectivity index (χ4v) is 4.86. The zero-order chi connectivity index (χ0) is 21.5. The van der Waals surface area contributed by atoms with Crippen LogP contribution in [0.4, 0.5) is 0 Å². The number of thioether (sulfide) groups is 1. The topological polar surface area (TPSA) is 49.4 Å². The Balaban J connectivity index is 1.38. The number of amides is 2. The van der Waals surface area contributed by atoms with E-state index in [-0.39, 0.29) is 23.1 Å². The molecule has 2 amide bonds. The van der Waals surface area contributed by atoms with Crippen LogP contribution in [0.5, 0.6) is 0 Å². The van der Waals surface area contributed by atoms with Gasteiger partial charge in [-0.15, -0.1) is 11.8 Å². The van der Waals surface area contributed by atoms with E-state index in [9.17, 15) is 9.59 Å². The predicted molar refractivity (Wildman–Crippen MR) is 125 cm³/mol. The van der Waals surface area contributed by atoms with Gasteiger partial charge in [-0.05, 0) is 42.7 Å². The van der Waals surface area contributed by atoms with E-state index in [1.807, 2.05) is 95.9 Å². The zero-order valence-electron chi connectivity index (χ0n) is 17.3. The van der Waals surface area contributed by atoms with Crippen molar-refractivity contribution in [3.8, 4) is 0 Å². The fraction of sp³-hybridized carbons (Fsp3) is 0.231. The third-order valence-electron chi connectivity index (χ3n) is 5.49. The normalized spacial score (nSPS) is 15.3. The van der Waals surface area contributed by atoms with Gasteiger partial charge in [-0.1, -0.05) is 66.7 Å². The van der Waals surface area contributed by atoms with Crippen LogP contribution in [-0.4, -0.2) is 35.8 Å². The molecule has 0 spiro atoms. The van der Waals surface area contributed by atoms with Crippen molar-refractivity contribution in [1.82, 2.24) is 10.2 Å². The number of nitrogens with one attached hydrogen (secondary N) is 1. The summed E-state index contributed by atoms with van der Waals surface area (Å²) in [7, 11) is 0. The van der Waals surface area contributed by atoms with Gasteiger partial charge in [0.25, 0.3) is 5.91 Å². The summed E-state index contributed by atoms with van der Waals surface area (Å²) >= 11 is 1.56. The van der Waals surface area contributed by atoms with Crippen molar-refractivity contribution >= 4 is 23.6 Å². The van der Waals surface area contributed by atoms with Gasteiger partial charge < -0.3 is 10.2 Å². The van der Waals surface area contributed by atoms with Crippen LogP contribution >= 0.6 is 11.8 Å². The van der Waals surface area contributed by atoms with E-state index in [4.69, 9.17) is 0 Å². The number of hydrogen-bond acceptors (Lipinski definition) is 3. The van der Waals surface area contributed by atoms with Crippen molar-refractivity contribution in [3.63, 3.8) is 0 Å². The number of carbonyl (C=O) groups is 2. The van der Waals surface area contributed by atoms with E-state index < -0.39 is 0 Å². The maximum atomic E-state index is 13.2. The molecular formula is C26H26N2O2S.